The Morgan fingerprint density at radius 3 is 2.36 bits per heavy atom. The van der Waals surface area contributed by atoms with E-state index in [1.807, 2.05) is 0 Å². The molecule has 0 radical (unpaired) electrons. The van der Waals surface area contributed by atoms with E-state index in [0.29, 0.717) is 5.84 Å². The van der Waals surface area contributed by atoms with E-state index in [-0.39, 0.29) is 11.8 Å². The molecule has 1 unspecified atom stereocenters. The Labute approximate surface area is 146 Å². The summed E-state index contributed by atoms with van der Waals surface area (Å²) in [5, 5.41) is 35.2. The fourth-order valence-corrected chi connectivity index (χ4v) is 2.41. The van der Waals surface area contributed by atoms with Crippen LogP contribution >= 0.6 is 0 Å². The summed E-state index contributed by atoms with van der Waals surface area (Å²) in [5.74, 6) is -1.96. The lowest BCUT2D eigenvalue weighted by Gasteiger charge is -2.40. The highest BCUT2D eigenvalue weighted by molar-refractivity contribution is 5.85. The van der Waals surface area contributed by atoms with Crippen LogP contribution in [0.2, 0.25) is 0 Å². The van der Waals surface area contributed by atoms with E-state index < -0.39 is 42.1 Å². The first-order chi connectivity index (χ1) is 11.6. The fraction of sp³-hybridized carbons (Fsp3) is 0.688. The summed E-state index contributed by atoms with van der Waals surface area (Å²) in [6.45, 7) is 6.51. The van der Waals surface area contributed by atoms with Gasteiger partial charge >= 0.3 is 5.97 Å². The fourth-order valence-electron chi connectivity index (χ4n) is 2.41. The zero-order valence-electron chi connectivity index (χ0n) is 15.1. The third kappa shape index (κ3) is 5.43. The number of ether oxygens (including phenoxy) is 1. The molecule has 1 aliphatic heterocycles. The van der Waals surface area contributed by atoms with Crippen molar-refractivity contribution in [1.82, 2.24) is 10.6 Å². The summed E-state index contributed by atoms with van der Waals surface area (Å²) >= 11 is 0. The zero-order chi connectivity index (χ0) is 19.3. The summed E-state index contributed by atoms with van der Waals surface area (Å²) in [6.07, 6.45) is -2.21. The van der Waals surface area contributed by atoms with Gasteiger partial charge in [-0.2, -0.15) is 0 Å². The molecule has 0 aromatic carbocycles. The standard InChI is InChI=1S/C16H27N3O6/c1-7(2)15(22)19-12(8(3)20)14-13(18-9(4)17-5)10(21)6-11(25-14)16(23)24/h6-8,10,12-14,20-21H,1-5H3,(H,17,18)(H,19,22)(H,23,24)/t8-,10-,12-,13-,14?/m0/s1. The number of carboxylic acid groups (broad SMARTS) is 1. The van der Waals surface area contributed by atoms with Crippen molar-refractivity contribution >= 4 is 17.7 Å². The van der Waals surface area contributed by atoms with Gasteiger partial charge in [0.05, 0.1) is 24.0 Å². The van der Waals surface area contributed by atoms with Gasteiger partial charge in [0, 0.05) is 13.0 Å². The average molecular weight is 357 g/mol. The maximum atomic E-state index is 12.1. The molecule has 0 fully saturated rings. The number of aliphatic carboxylic acids is 1. The summed E-state index contributed by atoms with van der Waals surface area (Å²) in [4.78, 5) is 27.3. The van der Waals surface area contributed by atoms with E-state index in [9.17, 15) is 24.9 Å². The van der Waals surface area contributed by atoms with Gasteiger partial charge in [0.1, 0.15) is 12.2 Å². The van der Waals surface area contributed by atoms with Crippen LogP contribution in [0.15, 0.2) is 16.8 Å². The van der Waals surface area contributed by atoms with Crippen LogP contribution in [0.3, 0.4) is 0 Å². The number of hydrogen-bond acceptors (Lipinski definition) is 6. The highest BCUT2D eigenvalue weighted by atomic mass is 16.5. The number of nitrogens with one attached hydrogen (secondary N) is 2. The number of carbonyl (C=O) groups is 2. The topological polar surface area (TPSA) is 140 Å². The molecule has 25 heavy (non-hydrogen) atoms. The molecule has 9 nitrogen and oxygen atoms in total. The van der Waals surface area contributed by atoms with Gasteiger partial charge in [-0.1, -0.05) is 13.8 Å². The van der Waals surface area contributed by atoms with Crippen LogP contribution in [0.5, 0.6) is 0 Å². The van der Waals surface area contributed by atoms with Crippen molar-refractivity contribution in [3.05, 3.63) is 11.8 Å². The normalized spacial score (nSPS) is 26.3. The third-order valence-electron chi connectivity index (χ3n) is 3.94. The number of amidine groups is 1. The minimum Gasteiger partial charge on any atom is -0.479 e. The van der Waals surface area contributed by atoms with Gasteiger partial charge in [-0.25, -0.2) is 4.79 Å². The Kier molecular flexibility index (Phi) is 7.38. The molecule has 5 N–H and O–H groups in total. The molecule has 0 saturated heterocycles. The molecule has 1 rings (SSSR count). The van der Waals surface area contributed by atoms with Gasteiger partial charge in [0.15, 0.2) is 0 Å². The van der Waals surface area contributed by atoms with E-state index >= 15 is 0 Å². The van der Waals surface area contributed by atoms with Crippen LogP contribution in [0.25, 0.3) is 0 Å². The highest BCUT2D eigenvalue weighted by Crippen LogP contribution is 2.23. The Balaban J connectivity index is 3.22. The molecule has 1 amide bonds. The molecule has 0 bridgehead atoms. The molecule has 1 aliphatic rings. The van der Waals surface area contributed by atoms with Crippen LogP contribution in [0.4, 0.5) is 0 Å². The number of hydrogen-bond donors (Lipinski definition) is 5. The number of amides is 1. The number of carboxylic acids is 1. The quantitative estimate of drug-likeness (QED) is 0.311. The monoisotopic (exact) mass is 357 g/mol. The lowest BCUT2D eigenvalue weighted by atomic mass is 9.91. The van der Waals surface area contributed by atoms with Gasteiger partial charge in [-0.05, 0) is 19.9 Å². The minimum atomic E-state index is -1.34. The van der Waals surface area contributed by atoms with Crippen LogP contribution in [0, 0.1) is 5.92 Å². The van der Waals surface area contributed by atoms with E-state index in [0.717, 1.165) is 6.08 Å². The lowest BCUT2D eigenvalue weighted by Crippen LogP contribution is -2.63. The maximum absolute atomic E-state index is 12.1. The SMILES string of the molecule is CN=C(C)N[C@@H]1C([C@@H](NC(=O)C(C)C)[C@H](C)O)OC(C(=O)O)=C[C@@H]1O. The molecule has 0 spiro atoms. The van der Waals surface area contributed by atoms with Crippen LogP contribution in [-0.2, 0) is 14.3 Å². The first kappa shape index (κ1) is 20.9. The summed E-state index contributed by atoms with van der Waals surface area (Å²) in [7, 11) is 1.55. The minimum absolute atomic E-state index is 0.324. The van der Waals surface area contributed by atoms with Gasteiger partial charge < -0.3 is 30.7 Å². The van der Waals surface area contributed by atoms with Crippen molar-refractivity contribution in [3.63, 3.8) is 0 Å². The Morgan fingerprint density at radius 1 is 1.32 bits per heavy atom. The molecule has 0 saturated carbocycles. The van der Waals surface area contributed by atoms with Crippen molar-refractivity contribution in [2.75, 3.05) is 7.05 Å². The summed E-state index contributed by atoms with van der Waals surface area (Å²) in [6, 6.07) is -1.74. The Bertz CT molecular complexity index is 558. The summed E-state index contributed by atoms with van der Waals surface area (Å²) in [5.41, 5.74) is 0. The van der Waals surface area contributed by atoms with Crippen molar-refractivity contribution in [2.45, 2.75) is 58.1 Å². The largest absolute Gasteiger partial charge is 0.479 e. The number of nitrogens with zero attached hydrogens (tertiary/aromatic N) is 1. The number of aliphatic hydroxyl groups excluding tert-OH is 2. The molecule has 0 aliphatic carbocycles. The Morgan fingerprint density at radius 2 is 1.92 bits per heavy atom. The molecule has 1 heterocycles. The van der Waals surface area contributed by atoms with Gasteiger partial charge in [0.25, 0.3) is 0 Å². The van der Waals surface area contributed by atoms with Crippen LogP contribution < -0.4 is 10.6 Å². The van der Waals surface area contributed by atoms with Gasteiger partial charge in [-0.15, -0.1) is 0 Å². The first-order valence-corrected chi connectivity index (χ1v) is 8.06. The predicted octanol–water partition coefficient (Wildman–Crippen LogP) is -0.757. The van der Waals surface area contributed by atoms with Crippen molar-refractivity contribution in [2.24, 2.45) is 10.9 Å². The average Bonchev–Trinajstić information content (AvgIpc) is 2.53. The molecule has 0 aromatic rings. The number of aliphatic hydroxyl groups is 2. The molecule has 142 valence electrons. The van der Waals surface area contributed by atoms with E-state index in [2.05, 4.69) is 15.6 Å². The maximum Gasteiger partial charge on any atom is 0.370 e. The van der Waals surface area contributed by atoms with Crippen LogP contribution in [0.1, 0.15) is 27.7 Å². The van der Waals surface area contributed by atoms with E-state index in [1.54, 1.807) is 27.8 Å². The molecular weight excluding hydrogens is 330 g/mol. The van der Waals surface area contributed by atoms with E-state index in [4.69, 9.17) is 4.74 Å². The second-order valence-corrected chi connectivity index (χ2v) is 6.32. The van der Waals surface area contributed by atoms with Crippen molar-refractivity contribution in [3.8, 4) is 0 Å². The smallest absolute Gasteiger partial charge is 0.370 e. The van der Waals surface area contributed by atoms with Crippen LogP contribution in [-0.4, -0.2) is 70.5 Å². The number of aliphatic imine (C=N–C) groups is 1. The molecule has 5 atom stereocenters. The third-order valence-corrected chi connectivity index (χ3v) is 3.94. The second kappa shape index (κ2) is 8.82. The zero-order valence-corrected chi connectivity index (χ0v) is 15.1. The predicted molar refractivity (Wildman–Crippen MR) is 91.0 cm³/mol. The second-order valence-electron chi connectivity index (χ2n) is 6.32. The van der Waals surface area contributed by atoms with Gasteiger partial charge in [0.2, 0.25) is 11.7 Å². The summed E-state index contributed by atoms with van der Waals surface area (Å²) < 4.78 is 5.49. The molecule has 0 aromatic heterocycles. The first-order valence-electron chi connectivity index (χ1n) is 8.06. The van der Waals surface area contributed by atoms with Gasteiger partial charge in [-0.3, -0.25) is 9.79 Å². The Hall–Kier alpha value is -2.13. The molecular formula is C16H27N3O6. The highest BCUT2D eigenvalue weighted by Gasteiger charge is 2.43. The van der Waals surface area contributed by atoms with Crippen molar-refractivity contribution in [1.29, 1.82) is 0 Å². The van der Waals surface area contributed by atoms with Crippen molar-refractivity contribution < 1.29 is 29.6 Å². The number of carbonyl (C=O) groups excluding carboxylic acids is 1. The van der Waals surface area contributed by atoms with E-state index in [1.165, 1.54) is 6.92 Å². The lowest BCUT2D eigenvalue weighted by molar-refractivity contribution is -0.141. The molecule has 9 heteroatoms. The number of rotatable bonds is 6.